The second-order valence-corrected chi connectivity index (χ2v) is 2.66. The summed E-state index contributed by atoms with van der Waals surface area (Å²) < 4.78 is 12.8. The fourth-order valence-corrected chi connectivity index (χ4v) is 0.970. The molecule has 0 amide bonds. The van der Waals surface area contributed by atoms with Crippen LogP contribution in [0.4, 0.5) is 4.39 Å². The highest BCUT2D eigenvalue weighted by atomic mass is 19.1. The van der Waals surface area contributed by atoms with E-state index in [1.807, 2.05) is 0 Å². The molecule has 0 saturated carbocycles. The van der Waals surface area contributed by atoms with Crippen LogP contribution in [0.15, 0.2) is 24.2 Å². The average molecular weight is 191 g/mol. The predicted octanol–water partition coefficient (Wildman–Crippen LogP) is 0.723. The molecule has 0 saturated heterocycles. The van der Waals surface area contributed by atoms with Crippen LogP contribution in [0.3, 0.4) is 0 Å². The van der Waals surface area contributed by atoms with Gasteiger partial charge in [0, 0.05) is 0 Å². The van der Waals surface area contributed by atoms with Crippen LogP contribution in [0, 0.1) is 17.1 Å². The van der Waals surface area contributed by atoms with E-state index in [0.29, 0.717) is 5.56 Å². The number of nitrogens with zero attached hydrogens (tertiary/aromatic N) is 1. The summed E-state index contributed by atoms with van der Waals surface area (Å²) in [7, 11) is -1.58. The van der Waals surface area contributed by atoms with Gasteiger partial charge in [-0.05, 0) is 23.8 Å². The molecule has 0 aromatic heterocycles. The fourth-order valence-electron chi connectivity index (χ4n) is 0.970. The van der Waals surface area contributed by atoms with E-state index in [1.165, 1.54) is 18.2 Å². The quantitative estimate of drug-likeness (QED) is 0.677. The standard InChI is InChI=1S/C9H7BFNO2/c11-9-4-7(1-2-10(13)14)3-8(5-9)6-12/h1-5,13-14H/b2-1+. The van der Waals surface area contributed by atoms with Gasteiger partial charge in [0.05, 0.1) is 11.6 Å². The number of hydrogen-bond donors (Lipinski definition) is 2. The Balaban J connectivity index is 2.99. The topological polar surface area (TPSA) is 64.2 Å². The van der Waals surface area contributed by atoms with Gasteiger partial charge in [-0.25, -0.2) is 4.39 Å². The van der Waals surface area contributed by atoms with Crippen molar-refractivity contribution in [2.75, 3.05) is 0 Å². The molecular weight excluding hydrogens is 184 g/mol. The molecule has 0 spiro atoms. The molecule has 0 unspecified atom stereocenters. The Morgan fingerprint density at radius 3 is 2.64 bits per heavy atom. The minimum Gasteiger partial charge on any atom is -0.424 e. The maximum atomic E-state index is 12.8. The molecule has 14 heavy (non-hydrogen) atoms. The van der Waals surface area contributed by atoms with Crippen LogP contribution in [0.25, 0.3) is 6.08 Å². The first-order chi connectivity index (χ1) is 6.61. The summed E-state index contributed by atoms with van der Waals surface area (Å²) in [4.78, 5) is 0. The first-order valence-corrected chi connectivity index (χ1v) is 3.87. The molecule has 1 aromatic carbocycles. The second kappa shape index (κ2) is 4.56. The highest BCUT2D eigenvalue weighted by Gasteiger charge is 2.01. The van der Waals surface area contributed by atoms with Crippen molar-refractivity contribution in [3.05, 3.63) is 41.1 Å². The first-order valence-electron chi connectivity index (χ1n) is 3.87. The van der Waals surface area contributed by atoms with Gasteiger partial charge in [0.2, 0.25) is 0 Å². The monoisotopic (exact) mass is 191 g/mol. The summed E-state index contributed by atoms with van der Waals surface area (Å²) >= 11 is 0. The highest BCUT2D eigenvalue weighted by molar-refractivity contribution is 6.48. The van der Waals surface area contributed by atoms with E-state index in [1.54, 1.807) is 6.07 Å². The van der Waals surface area contributed by atoms with E-state index in [9.17, 15) is 4.39 Å². The molecule has 2 N–H and O–H groups in total. The van der Waals surface area contributed by atoms with E-state index >= 15 is 0 Å². The van der Waals surface area contributed by atoms with E-state index in [2.05, 4.69) is 0 Å². The van der Waals surface area contributed by atoms with Crippen LogP contribution in [0.5, 0.6) is 0 Å². The van der Waals surface area contributed by atoms with Gasteiger partial charge in [-0.2, -0.15) is 5.26 Å². The van der Waals surface area contributed by atoms with Crippen LogP contribution in [0.1, 0.15) is 11.1 Å². The molecule has 1 aromatic rings. The number of benzene rings is 1. The highest BCUT2D eigenvalue weighted by Crippen LogP contribution is 2.09. The summed E-state index contributed by atoms with van der Waals surface area (Å²) in [6.45, 7) is 0. The number of rotatable bonds is 2. The van der Waals surface area contributed by atoms with Crippen molar-refractivity contribution in [1.29, 1.82) is 5.26 Å². The summed E-state index contributed by atoms with van der Waals surface area (Å²) in [5.74, 6) is 0.548. The molecule has 0 aliphatic carbocycles. The zero-order valence-corrected chi connectivity index (χ0v) is 7.18. The molecule has 0 heterocycles. The van der Waals surface area contributed by atoms with Gasteiger partial charge in [0.25, 0.3) is 0 Å². The van der Waals surface area contributed by atoms with Crippen molar-refractivity contribution in [3.8, 4) is 6.07 Å². The molecule has 0 aliphatic rings. The normalized spacial score (nSPS) is 10.1. The van der Waals surface area contributed by atoms with Crippen molar-refractivity contribution in [3.63, 3.8) is 0 Å². The van der Waals surface area contributed by atoms with Crippen LogP contribution in [-0.4, -0.2) is 17.2 Å². The number of nitriles is 1. The lowest BCUT2D eigenvalue weighted by Gasteiger charge is -1.95. The minimum atomic E-state index is -1.58. The van der Waals surface area contributed by atoms with Crippen LogP contribution >= 0.6 is 0 Å². The number of halogens is 1. The van der Waals surface area contributed by atoms with E-state index in [-0.39, 0.29) is 5.56 Å². The largest absolute Gasteiger partial charge is 0.480 e. The Kier molecular flexibility index (Phi) is 3.40. The lowest BCUT2D eigenvalue weighted by Crippen LogP contribution is -2.05. The molecule has 0 radical (unpaired) electrons. The van der Waals surface area contributed by atoms with Gasteiger partial charge in [0.15, 0.2) is 0 Å². The lowest BCUT2D eigenvalue weighted by molar-refractivity contribution is 0.424. The Labute approximate surface area is 80.9 Å². The van der Waals surface area contributed by atoms with Gasteiger partial charge in [0.1, 0.15) is 5.82 Å². The van der Waals surface area contributed by atoms with E-state index < -0.39 is 12.9 Å². The summed E-state index contributed by atoms with van der Waals surface area (Å²) in [5, 5.41) is 25.6. The zero-order chi connectivity index (χ0) is 10.6. The maximum Gasteiger partial charge on any atom is 0.480 e. The van der Waals surface area contributed by atoms with Gasteiger partial charge in [-0.1, -0.05) is 12.1 Å². The predicted molar refractivity (Wildman–Crippen MR) is 50.3 cm³/mol. The molecule has 5 heteroatoms. The molecular formula is C9H7BFNO2. The van der Waals surface area contributed by atoms with Gasteiger partial charge >= 0.3 is 7.12 Å². The summed E-state index contributed by atoms with van der Waals surface area (Å²) in [6, 6.07) is 5.54. The minimum absolute atomic E-state index is 0.192. The molecule has 1 rings (SSSR count). The summed E-state index contributed by atoms with van der Waals surface area (Å²) in [5.41, 5.74) is 0.603. The smallest absolute Gasteiger partial charge is 0.424 e. The van der Waals surface area contributed by atoms with Crippen molar-refractivity contribution in [1.82, 2.24) is 0 Å². The van der Waals surface area contributed by atoms with Crippen LogP contribution in [0.2, 0.25) is 0 Å². The SMILES string of the molecule is N#Cc1cc(F)cc(/C=C/B(O)O)c1. The molecule has 0 bridgehead atoms. The van der Waals surface area contributed by atoms with Crippen molar-refractivity contribution >= 4 is 13.2 Å². The van der Waals surface area contributed by atoms with Gasteiger partial charge in [-0.3, -0.25) is 0 Å². The lowest BCUT2D eigenvalue weighted by atomic mass is 9.90. The van der Waals surface area contributed by atoms with Crippen molar-refractivity contribution < 1.29 is 14.4 Å². The number of hydrogen-bond acceptors (Lipinski definition) is 3. The van der Waals surface area contributed by atoms with Gasteiger partial charge in [-0.15, -0.1) is 0 Å². The van der Waals surface area contributed by atoms with Crippen molar-refractivity contribution in [2.45, 2.75) is 0 Å². The van der Waals surface area contributed by atoms with Crippen LogP contribution < -0.4 is 0 Å². The Morgan fingerprint density at radius 2 is 2.07 bits per heavy atom. The molecule has 0 aliphatic heterocycles. The van der Waals surface area contributed by atoms with Crippen LogP contribution in [-0.2, 0) is 0 Å². The third-order valence-corrected chi connectivity index (χ3v) is 1.51. The van der Waals surface area contributed by atoms with E-state index in [4.69, 9.17) is 15.3 Å². The molecule has 3 nitrogen and oxygen atoms in total. The first kappa shape index (κ1) is 10.4. The van der Waals surface area contributed by atoms with Gasteiger partial charge < -0.3 is 10.0 Å². The van der Waals surface area contributed by atoms with E-state index in [0.717, 1.165) is 12.0 Å². The molecule has 70 valence electrons. The third kappa shape index (κ3) is 3.01. The van der Waals surface area contributed by atoms with Crippen molar-refractivity contribution in [2.24, 2.45) is 0 Å². The fraction of sp³-hybridized carbons (Fsp3) is 0. The Hall–Kier alpha value is -1.64. The maximum absolute atomic E-state index is 12.8. The third-order valence-electron chi connectivity index (χ3n) is 1.51. The summed E-state index contributed by atoms with van der Waals surface area (Å²) in [6.07, 6.45) is 1.33. The Bertz CT molecular complexity index is 398. The second-order valence-electron chi connectivity index (χ2n) is 2.66. The average Bonchev–Trinajstić information content (AvgIpc) is 2.14. The molecule has 0 fully saturated rings. The Morgan fingerprint density at radius 1 is 1.36 bits per heavy atom. The zero-order valence-electron chi connectivity index (χ0n) is 7.18. The molecule has 0 atom stereocenters.